The van der Waals surface area contributed by atoms with Crippen LogP contribution in [-0.2, 0) is 4.74 Å². The summed E-state index contributed by atoms with van der Waals surface area (Å²) in [6.07, 6.45) is -6.24. The van der Waals surface area contributed by atoms with Crippen molar-refractivity contribution in [1.29, 1.82) is 0 Å². The van der Waals surface area contributed by atoms with Crippen LogP contribution >= 0.6 is 0 Å². The van der Waals surface area contributed by atoms with E-state index in [1.807, 2.05) is 0 Å². The fourth-order valence-corrected chi connectivity index (χ4v) is 0.795. The van der Waals surface area contributed by atoms with Crippen LogP contribution in [0, 0.1) is 0 Å². The largest absolute Gasteiger partial charge is 0.388 e. The van der Waals surface area contributed by atoms with Crippen molar-refractivity contribution in [2.75, 3.05) is 6.61 Å². The molecule has 1 rings (SSSR count). The first-order valence-electron chi connectivity index (χ1n) is 3.00. The summed E-state index contributed by atoms with van der Waals surface area (Å²) in [5.74, 6) is -3.79. The minimum Gasteiger partial charge on any atom is -0.388 e. The van der Waals surface area contributed by atoms with Crippen LogP contribution in [0.3, 0.4) is 0 Å². The lowest BCUT2D eigenvalue weighted by Gasteiger charge is -2.34. The quantitative estimate of drug-likeness (QED) is 0.422. The molecule has 1 unspecified atom stereocenters. The number of ether oxygens (including phenoxy) is 1. The van der Waals surface area contributed by atoms with Crippen molar-refractivity contribution >= 4 is 0 Å². The molecule has 0 bridgehead atoms. The summed E-state index contributed by atoms with van der Waals surface area (Å²) in [6.45, 7) is -0.488. The summed E-state index contributed by atoms with van der Waals surface area (Å²) in [6, 6.07) is 0. The lowest BCUT2D eigenvalue weighted by molar-refractivity contribution is -0.321. The molecule has 0 aromatic rings. The minimum atomic E-state index is -3.79. The van der Waals surface area contributed by atoms with Crippen LogP contribution in [0.1, 0.15) is 0 Å². The van der Waals surface area contributed by atoms with Gasteiger partial charge in [-0.1, -0.05) is 0 Å². The maximum Gasteiger partial charge on any atom is 0.325 e. The highest BCUT2D eigenvalue weighted by Gasteiger charge is 2.53. The molecule has 1 aliphatic rings. The molecule has 66 valence electrons. The number of alkyl halides is 2. The molecule has 0 aliphatic carbocycles. The lowest BCUT2D eigenvalue weighted by atomic mass is 10.0. The standard InChI is InChI=1S/C5H8F2O4/c6-5(7)3(9)2(8)1-11-4(5)10/h2-4,8-10H,1H2/t2-,3-,4?/m1/s1. The molecule has 3 atom stereocenters. The number of rotatable bonds is 0. The molecule has 0 radical (unpaired) electrons. The summed E-state index contributed by atoms with van der Waals surface area (Å²) >= 11 is 0. The van der Waals surface area contributed by atoms with E-state index < -0.39 is 31.0 Å². The maximum atomic E-state index is 12.5. The summed E-state index contributed by atoms with van der Waals surface area (Å²) in [5.41, 5.74) is 0. The molecule has 0 amide bonds. The van der Waals surface area contributed by atoms with Gasteiger partial charge < -0.3 is 20.1 Å². The Hall–Kier alpha value is -0.300. The van der Waals surface area contributed by atoms with Gasteiger partial charge in [-0.2, -0.15) is 8.78 Å². The molecule has 1 fully saturated rings. The van der Waals surface area contributed by atoms with E-state index in [2.05, 4.69) is 4.74 Å². The third kappa shape index (κ3) is 1.34. The first-order chi connectivity index (χ1) is 4.96. The monoisotopic (exact) mass is 170 g/mol. The molecule has 11 heavy (non-hydrogen) atoms. The van der Waals surface area contributed by atoms with E-state index in [0.717, 1.165) is 0 Å². The van der Waals surface area contributed by atoms with E-state index in [-0.39, 0.29) is 0 Å². The Balaban J connectivity index is 2.72. The SMILES string of the molecule is OC1OC[C@@H](O)[C@@H](O)C1(F)F. The van der Waals surface area contributed by atoms with Crippen molar-refractivity contribution in [3.05, 3.63) is 0 Å². The van der Waals surface area contributed by atoms with Crippen molar-refractivity contribution in [3.63, 3.8) is 0 Å². The highest BCUT2D eigenvalue weighted by Crippen LogP contribution is 2.30. The second kappa shape index (κ2) is 2.63. The van der Waals surface area contributed by atoms with Gasteiger partial charge in [-0.25, -0.2) is 0 Å². The van der Waals surface area contributed by atoms with Crippen LogP contribution in [0.5, 0.6) is 0 Å². The molecule has 1 aliphatic heterocycles. The molecular formula is C5H8F2O4. The van der Waals surface area contributed by atoms with Crippen molar-refractivity contribution in [1.82, 2.24) is 0 Å². The fourth-order valence-electron chi connectivity index (χ4n) is 0.795. The van der Waals surface area contributed by atoms with E-state index in [4.69, 9.17) is 15.3 Å². The lowest BCUT2D eigenvalue weighted by Crippen LogP contribution is -2.57. The van der Waals surface area contributed by atoms with Gasteiger partial charge in [-0.05, 0) is 0 Å². The zero-order chi connectivity index (χ0) is 8.65. The molecular weight excluding hydrogens is 162 g/mol. The number of halogens is 2. The Kier molecular flexibility index (Phi) is 2.10. The Morgan fingerprint density at radius 1 is 1.27 bits per heavy atom. The highest BCUT2D eigenvalue weighted by atomic mass is 19.3. The van der Waals surface area contributed by atoms with Gasteiger partial charge in [0.1, 0.15) is 6.10 Å². The molecule has 4 nitrogen and oxygen atoms in total. The van der Waals surface area contributed by atoms with Crippen LogP contribution in [0.25, 0.3) is 0 Å². The van der Waals surface area contributed by atoms with Crippen LogP contribution in [0.15, 0.2) is 0 Å². The number of aliphatic hydroxyl groups is 3. The van der Waals surface area contributed by atoms with E-state index >= 15 is 0 Å². The summed E-state index contributed by atoms with van der Waals surface area (Å²) < 4.78 is 29.0. The third-order valence-corrected chi connectivity index (χ3v) is 1.51. The third-order valence-electron chi connectivity index (χ3n) is 1.51. The predicted octanol–water partition coefficient (Wildman–Crippen LogP) is -1.31. The van der Waals surface area contributed by atoms with Crippen molar-refractivity contribution in [2.24, 2.45) is 0 Å². The summed E-state index contributed by atoms with van der Waals surface area (Å²) in [7, 11) is 0. The highest BCUT2D eigenvalue weighted by molar-refractivity contribution is 4.88. The van der Waals surface area contributed by atoms with Crippen molar-refractivity contribution < 1.29 is 28.8 Å². The predicted molar refractivity (Wildman–Crippen MR) is 28.9 cm³/mol. The maximum absolute atomic E-state index is 12.5. The molecule has 0 aromatic heterocycles. The van der Waals surface area contributed by atoms with Gasteiger partial charge in [0, 0.05) is 0 Å². The van der Waals surface area contributed by atoms with Crippen LogP contribution in [-0.4, -0.2) is 46.3 Å². The first kappa shape index (κ1) is 8.79. The smallest absolute Gasteiger partial charge is 0.325 e. The topological polar surface area (TPSA) is 69.9 Å². The molecule has 1 heterocycles. The van der Waals surface area contributed by atoms with Crippen molar-refractivity contribution in [2.45, 2.75) is 24.4 Å². The first-order valence-corrected chi connectivity index (χ1v) is 3.00. The average Bonchev–Trinajstić information content (AvgIpc) is 1.95. The molecule has 0 aromatic carbocycles. The second-order valence-electron chi connectivity index (χ2n) is 2.37. The second-order valence-corrected chi connectivity index (χ2v) is 2.37. The molecule has 3 N–H and O–H groups in total. The van der Waals surface area contributed by atoms with Gasteiger partial charge in [-0.15, -0.1) is 0 Å². The van der Waals surface area contributed by atoms with Gasteiger partial charge in [0.25, 0.3) is 0 Å². The Bertz CT molecular complexity index is 151. The molecule has 6 heteroatoms. The Morgan fingerprint density at radius 2 is 1.82 bits per heavy atom. The molecule has 0 spiro atoms. The van der Waals surface area contributed by atoms with E-state index in [1.54, 1.807) is 0 Å². The molecule has 0 saturated carbocycles. The van der Waals surface area contributed by atoms with Gasteiger partial charge in [0.15, 0.2) is 6.10 Å². The Morgan fingerprint density at radius 3 is 2.27 bits per heavy atom. The van der Waals surface area contributed by atoms with Gasteiger partial charge >= 0.3 is 5.92 Å². The normalized spacial score (nSPS) is 43.9. The van der Waals surface area contributed by atoms with Gasteiger partial charge in [0.05, 0.1) is 6.61 Å². The van der Waals surface area contributed by atoms with Crippen LogP contribution < -0.4 is 0 Å². The molecule has 1 saturated heterocycles. The van der Waals surface area contributed by atoms with Crippen LogP contribution in [0.4, 0.5) is 8.78 Å². The fraction of sp³-hybridized carbons (Fsp3) is 1.00. The summed E-state index contributed by atoms with van der Waals surface area (Å²) in [5, 5.41) is 25.8. The van der Waals surface area contributed by atoms with E-state index in [1.165, 1.54) is 0 Å². The zero-order valence-electron chi connectivity index (χ0n) is 5.44. The van der Waals surface area contributed by atoms with Crippen LogP contribution in [0.2, 0.25) is 0 Å². The summed E-state index contributed by atoms with van der Waals surface area (Å²) in [4.78, 5) is 0. The average molecular weight is 170 g/mol. The number of hydrogen-bond donors (Lipinski definition) is 3. The number of hydrogen-bond acceptors (Lipinski definition) is 4. The van der Waals surface area contributed by atoms with Crippen molar-refractivity contribution in [3.8, 4) is 0 Å². The Labute approximate surface area is 61.0 Å². The van der Waals surface area contributed by atoms with E-state index in [0.29, 0.717) is 0 Å². The van der Waals surface area contributed by atoms with Gasteiger partial charge in [-0.3, -0.25) is 0 Å². The van der Waals surface area contributed by atoms with Gasteiger partial charge in [0.2, 0.25) is 6.29 Å². The van der Waals surface area contributed by atoms with E-state index in [9.17, 15) is 8.78 Å². The number of aliphatic hydroxyl groups excluding tert-OH is 3. The minimum absolute atomic E-state index is 0.488. The zero-order valence-corrected chi connectivity index (χ0v) is 5.44.